The van der Waals surface area contributed by atoms with Crippen LogP contribution < -0.4 is 5.32 Å². The van der Waals surface area contributed by atoms with Gasteiger partial charge in [-0.15, -0.1) is 0 Å². The van der Waals surface area contributed by atoms with Crippen molar-refractivity contribution in [2.75, 3.05) is 18.4 Å². The summed E-state index contributed by atoms with van der Waals surface area (Å²) in [5, 5.41) is 16.1. The molecule has 1 aliphatic heterocycles. The van der Waals surface area contributed by atoms with Crippen molar-refractivity contribution in [1.29, 1.82) is 5.26 Å². The summed E-state index contributed by atoms with van der Waals surface area (Å²) in [6, 6.07) is 12.5. The van der Waals surface area contributed by atoms with Crippen molar-refractivity contribution in [2.45, 2.75) is 31.7 Å². The van der Waals surface area contributed by atoms with Crippen LogP contribution in [0, 0.1) is 17.1 Å². The number of anilines is 1. The summed E-state index contributed by atoms with van der Waals surface area (Å²) >= 11 is 6.05. The van der Waals surface area contributed by atoms with Crippen LogP contribution in [0.5, 0.6) is 0 Å². The van der Waals surface area contributed by atoms with E-state index in [-0.39, 0.29) is 17.6 Å². The second-order valence-corrected chi connectivity index (χ2v) is 8.18. The lowest BCUT2D eigenvalue weighted by atomic mass is 9.96. The number of amides is 1. The number of nitriles is 1. The van der Waals surface area contributed by atoms with Crippen LogP contribution in [-0.4, -0.2) is 40.1 Å². The third-order valence-electron chi connectivity index (χ3n) is 5.61. The van der Waals surface area contributed by atoms with Crippen LogP contribution in [-0.2, 0) is 4.79 Å². The second-order valence-electron chi connectivity index (χ2n) is 7.77. The average Bonchev–Trinajstić information content (AvgIpc) is 3.29. The van der Waals surface area contributed by atoms with E-state index in [0.717, 1.165) is 19.4 Å². The Morgan fingerprint density at radius 1 is 1.38 bits per heavy atom. The van der Waals surface area contributed by atoms with Gasteiger partial charge in [0, 0.05) is 17.8 Å². The number of hydrogen-bond acceptors (Lipinski definition) is 6. The van der Waals surface area contributed by atoms with E-state index in [1.807, 2.05) is 13.0 Å². The lowest BCUT2D eigenvalue weighted by Gasteiger charge is -2.34. The molecule has 0 spiro atoms. The van der Waals surface area contributed by atoms with Crippen LogP contribution in [0.3, 0.4) is 0 Å². The number of piperidine rings is 1. The zero-order valence-electron chi connectivity index (χ0n) is 17.4. The van der Waals surface area contributed by atoms with Crippen LogP contribution in [0.1, 0.15) is 37.1 Å². The first-order valence-electron chi connectivity index (χ1n) is 10.3. The Bertz CT molecular complexity index is 1180. The van der Waals surface area contributed by atoms with Gasteiger partial charge in [0.05, 0.1) is 22.5 Å². The maximum absolute atomic E-state index is 13.5. The molecule has 0 bridgehead atoms. The van der Waals surface area contributed by atoms with Crippen molar-refractivity contribution in [3.8, 4) is 17.5 Å². The van der Waals surface area contributed by atoms with Crippen molar-refractivity contribution < 1.29 is 13.7 Å². The number of nitrogens with zero attached hydrogens (tertiary/aromatic N) is 4. The highest BCUT2D eigenvalue weighted by Gasteiger charge is 2.31. The molecule has 0 saturated carbocycles. The van der Waals surface area contributed by atoms with Gasteiger partial charge in [0.25, 0.3) is 0 Å². The minimum absolute atomic E-state index is 0.0156. The van der Waals surface area contributed by atoms with Crippen LogP contribution in [0.4, 0.5) is 10.1 Å². The molecule has 1 aromatic heterocycles. The third kappa shape index (κ3) is 4.79. The van der Waals surface area contributed by atoms with Crippen molar-refractivity contribution in [1.82, 2.24) is 15.0 Å². The number of carbonyl (C=O) groups excluding carboxylic acids is 1. The Labute approximate surface area is 189 Å². The maximum Gasteiger partial charge on any atom is 0.241 e. The fourth-order valence-corrected chi connectivity index (χ4v) is 4.02. The van der Waals surface area contributed by atoms with Crippen LogP contribution in [0.15, 0.2) is 47.0 Å². The van der Waals surface area contributed by atoms with Gasteiger partial charge in [0.2, 0.25) is 17.6 Å². The summed E-state index contributed by atoms with van der Waals surface area (Å²) < 4.78 is 19.0. The monoisotopic (exact) mass is 453 g/mol. The van der Waals surface area contributed by atoms with Gasteiger partial charge >= 0.3 is 0 Å². The molecule has 1 amide bonds. The van der Waals surface area contributed by atoms with Crippen LogP contribution in [0.2, 0.25) is 5.02 Å². The van der Waals surface area contributed by atoms with Gasteiger partial charge in [0.15, 0.2) is 0 Å². The second kappa shape index (κ2) is 9.47. The highest BCUT2D eigenvalue weighted by atomic mass is 35.5. The Morgan fingerprint density at radius 2 is 2.22 bits per heavy atom. The SMILES string of the molecule is CC(C(=O)Nc1ccc(C#N)c(Cl)c1)N1CCCC(c2nc(-c3cccc(F)c3)no2)C1. The predicted octanol–water partition coefficient (Wildman–Crippen LogP) is 4.61. The quantitative estimate of drug-likeness (QED) is 0.606. The van der Waals surface area contributed by atoms with E-state index in [2.05, 4.69) is 20.4 Å². The molecule has 7 nitrogen and oxygen atoms in total. The summed E-state index contributed by atoms with van der Waals surface area (Å²) in [5.74, 6) is 0.289. The highest BCUT2D eigenvalue weighted by Crippen LogP contribution is 2.29. The van der Waals surface area contributed by atoms with Crippen molar-refractivity contribution >= 4 is 23.2 Å². The van der Waals surface area contributed by atoms with Crippen molar-refractivity contribution in [3.05, 3.63) is 64.8 Å². The molecule has 32 heavy (non-hydrogen) atoms. The Morgan fingerprint density at radius 3 is 2.97 bits per heavy atom. The van der Waals surface area contributed by atoms with Gasteiger partial charge < -0.3 is 9.84 Å². The van der Waals surface area contributed by atoms with E-state index in [0.29, 0.717) is 40.1 Å². The molecule has 1 N–H and O–H groups in total. The lowest BCUT2D eigenvalue weighted by molar-refractivity contribution is -0.121. The van der Waals surface area contributed by atoms with E-state index in [1.165, 1.54) is 12.1 Å². The lowest BCUT2D eigenvalue weighted by Crippen LogP contribution is -2.46. The Balaban J connectivity index is 1.42. The van der Waals surface area contributed by atoms with Crippen molar-refractivity contribution in [2.24, 2.45) is 0 Å². The normalized spacial score (nSPS) is 17.5. The molecular formula is C23H21ClFN5O2. The molecule has 9 heteroatoms. The molecule has 0 aliphatic carbocycles. The first-order chi connectivity index (χ1) is 15.4. The standard InChI is InChI=1S/C23H21ClFN5O2/c1-14(22(31)27-19-8-7-16(12-26)20(24)11-19)30-9-3-5-17(13-30)23-28-21(29-32-23)15-4-2-6-18(25)10-15/h2,4,6-8,10-11,14,17H,3,5,9,13H2,1H3,(H,27,31). The van der Waals surface area contributed by atoms with Gasteiger partial charge in [-0.1, -0.05) is 28.9 Å². The number of likely N-dealkylation sites (tertiary alicyclic amines) is 1. The van der Waals surface area contributed by atoms with Crippen LogP contribution >= 0.6 is 11.6 Å². The summed E-state index contributed by atoms with van der Waals surface area (Å²) in [4.78, 5) is 19.3. The van der Waals surface area contributed by atoms with Gasteiger partial charge in [-0.3, -0.25) is 9.69 Å². The Hall–Kier alpha value is -3.28. The zero-order chi connectivity index (χ0) is 22.7. The third-order valence-corrected chi connectivity index (χ3v) is 5.92. The molecular weight excluding hydrogens is 433 g/mol. The maximum atomic E-state index is 13.5. The largest absolute Gasteiger partial charge is 0.339 e. The predicted molar refractivity (Wildman–Crippen MR) is 117 cm³/mol. The molecule has 4 rings (SSSR count). The summed E-state index contributed by atoms with van der Waals surface area (Å²) in [6.07, 6.45) is 1.74. The fourth-order valence-electron chi connectivity index (χ4n) is 3.80. The zero-order valence-corrected chi connectivity index (χ0v) is 18.1. The molecule has 2 atom stereocenters. The number of benzene rings is 2. The minimum Gasteiger partial charge on any atom is -0.339 e. The molecule has 0 radical (unpaired) electrons. The number of nitrogens with one attached hydrogen (secondary N) is 1. The molecule has 2 unspecified atom stereocenters. The highest BCUT2D eigenvalue weighted by molar-refractivity contribution is 6.32. The molecule has 1 saturated heterocycles. The number of hydrogen-bond donors (Lipinski definition) is 1. The fraction of sp³-hybridized carbons (Fsp3) is 0.304. The molecule has 1 aliphatic rings. The first-order valence-corrected chi connectivity index (χ1v) is 10.7. The minimum atomic E-state index is -0.391. The van der Waals surface area contributed by atoms with Crippen LogP contribution in [0.25, 0.3) is 11.4 Å². The molecule has 2 heterocycles. The van der Waals surface area contributed by atoms with E-state index in [4.69, 9.17) is 21.4 Å². The number of carbonyl (C=O) groups is 1. The van der Waals surface area contributed by atoms with Gasteiger partial charge in [-0.2, -0.15) is 10.2 Å². The van der Waals surface area contributed by atoms with E-state index < -0.39 is 6.04 Å². The van der Waals surface area contributed by atoms with Crippen molar-refractivity contribution in [3.63, 3.8) is 0 Å². The summed E-state index contributed by atoms with van der Waals surface area (Å²) in [5.41, 5.74) is 1.45. The topological polar surface area (TPSA) is 95.1 Å². The first kappa shape index (κ1) is 21.9. The molecule has 164 valence electrons. The van der Waals surface area contributed by atoms with Gasteiger partial charge in [-0.05, 0) is 56.6 Å². The van der Waals surface area contributed by atoms with E-state index in [9.17, 15) is 9.18 Å². The Kier molecular flexibility index (Phi) is 6.49. The molecule has 2 aromatic carbocycles. The molecule has 3 aromatic rings. The smallest absolute Gasteiger partial charge is 0.241 e. The number of rotatable bonds is 5. The van der Waals surface area contributed by atoms with E-state index >= 15 is 0 Å². The summed E-state index contributed by atoms with van der Waals surface area (Å²) in [7, 11) is 0. The van der Waals surface area contributed by atoms with Gasteiger partial charge in [-0.25, -0.2) is 4.39 Å². The number of halogens is 2. The molecule has 1 fully saturated rings. The van der Waals surface area contributed by atoms with Gasteiger partial charge in [0.1, 0.15) is 11.9 Å². The average molecular weight is 454 g/mol. The van der Waals surface area contributed by atoms with E-state index in [1.54, 1.807) is 30.3 Å². The summed E-state index contributed by atoms with van der Waals surface area (Å²) in [6.45, 7) is 3.20. The number of aromatic nitrogens is 2.